The molecule has 206 valence electrons. The van der Waals surface area contributed by atoms with Crippen LogP contribution in [0.4, 0.5) is 4.39 Å². The van der Waals surface area contributed by atoms with Crippen molar-refractivity contribution in [1.82, 2.24) is 14.1 Å². The highest BCUT2D eigenvalue weighted by atomic mass is 32.2. The van der Waals surface area contributed by atoms with Crippen molar-refractivity contribution < 1.29 is 22.7 Å². The second kappa shape index (κ2) is 10.3. The van der Waals surface area contributed by atoms with Crippen LogP contribution in [0, 0.1) is 17.2 Å². The number of carbonyl (C=O) groups excluding carboxylic acids is 1. The molecule has 1 fully saturated rings. The number of hydrogen-bond donors (Lipinski definition) is 2. The molecular weight excluding hydrogens is 519 g/mol. The van der Waals surface area contributed by atoms with Gasteiger partial charge in [0.1, 0.15) is 5.82 Å². The van der Waals surface area contributed by atoms with Crippen LogP contribution in [0.25, 0.3) is 11.8 Å². The van der Waals surface area contributed by atoms with Crippen molar-refractivity contribution in [2.75, 3.05) is 13.1 Å². The molecule has 1 aromatic heterocycles. The van der Waals surface area contributed by atoms with E-state index in [2.05, 4.69) is 18.1 Å². The molecule has 2 aliphatic rings. The maximum Gasteiger partial charge on any atom is 0.249 e. The van der Waals surface area contributed by atoms with Gasteiger partial charge >= 0.3 is 0 Å². The maximum absolute atomic E-state index is 13.7. The van der Waals surface area contributed by atoms with Gasteiger partial charge in [0.2, 0.25) is 15.9 Å². The van der Waals surface area contributed by atoms with Gasteiger partial charge in [-0.1, -0.05) is 30.7 Å². The zero-order valence-corrected chi connectivity index (χ0v) is 22.9. The Kier molecular flexibility index (Phi) is 7.21. The molecule has 0 unspecified atom stereocenters. The molecule has 10 heteroatoms. The predicted octanol–water partition coefficient (Wildman–Crippen LogP) is 3.68. The molecule has 8 nitrogen and oxygen atoms in total. The highest BCUT2D eigenvalue weighted by molar-refractivity contribution is 7.88. The van der Waals surface area contributed by atoms with Crippen LogP contribution in [0.2, 0.25) is 0 Å². The van der Waals surface area contributed by atoms with E-state index in [1.54, 1.807) is 37.3 Å². The first-order valence-corrected chi connectivity index (χ1v) is 14.7. The zero-order valence-electron chi connectivity index (χ0n) is 22.0. The summed E-state index contributed by atoms with van der Waals surface area (Å²) in [5.41, 5.74) is 9.75. The van der Waals surface area contributed by atoms with Crippen molar-refractivity contribution in [1.29, 1.82) is 0 Å². The van der Waals surface area contributed by atoms with Gasteiger partial charge in [0.15, 0.2) is 0 Å². The Hall–Kier alpha value is -3.34. The predicted molar refractivity (Wildman–Crippen MR) is 147 cm³/mol. The Balaban J connectivity index is 1.41. The van der Waals surface area contributed by atoms with Crippen LogP contribution in [0.3, 0.4) is 0 Å². The number of primary amides is 1. The van der Waals surface area contributed by atoms with E-state index in [-0.39, 0.29) is 41.6 Å². The van der Waals surface area contributed by atoms with E-state index in [0.717, 1.165) is 29.8 Å². The minimum Gasteiger partial charge on any atom is -0.392 e. The largest absolute Gasteiger partial charge is 0.392 e. The van der Waals surface area contributed by atoms with Crippen LogP contribution in [0.15, 0.2) is 60.3 Å². The average Bonchev–Trinajstić information content (AvgIpc) is 3.42. The lowest BCUT2D eigenvalue weighted by molar-refractivity contribution is 0.0999. The quantitative estimate of drug-likeness (QED) is 0.420. The van der Waals surface area contributed by atoms with E-state index in [4.69, 9.17) is 5.73 Å². The van der Waals surface area contributed by atoms with Crippen LogP contribution >= 0.6 is 0 Å². The molecule has 2 aliphatic carbocycles. The SMILES string of the molecule is C[C@H](O)CN(C[C@H]1CCC2=Cc3c(cnn3-c3ccc(F)cc3)C[C@@]21C)S(=O)(=O)Cc1ccccc1C(N)=O. The third-order valence-corrected chi connectivity index (χ3v) is 9.89. The number of rotatable bonds is 9. The number of aromatic nitrogens is 2. The van der Waals surface area contributed by atoms with Gasteiger partial charge in [0.05, 0.1) is 29.4 Å². The number of nitrogens with zero attached hydrogens (tertiary/aromatic N) is 3. The van der Waals surface area contributed by atoms with Gasteiger partial charge in [-0.15, -0.1) is 0 Å². The van der Waals surface area contributed by atoms with Crippen LogP contribution in [0.1, 0.15) is 53.9 Å². The Morgan fingerprint density at radius 3 is 2.67 bits per heavy atom. The molecule has 39 heavy (non-hydrogen) atoms. The number of carbonyl (C=O) groups is 1. The fourth-order valence-electron chi connectivity index (χ4n) is 6.03. The first kappa shape index (κ1) is 27.2. The molecule has 0 aliphatic heterocycles. The molecule has 5 rings (SSSR count). The monoisotopic (exact) mass is 552 g/mol. The Morgan fingerprint density at radius 2 is 1.97 bits per heavy atom. The number of aliphatic hydroxyl groups excluding tert-OH is 1. The number of halogens is 1. The second-order valence-electron chi connectivity index (χ2n) is 10.9. The maximum atomic E-state index is 13.7. The number of allylic oxidation sites excluding steroid dienone is 1. The lowest BCUT2D eigenvalue weighted by Gasteiger charge is -2.38. The lowest BCUT2D eigenvalue weighted by Crippen LogP contribution is -2.44. The van der Waals surface area contributed by atoms with E-state index < -0.39 is 22.0 Å². The van der Waals surface area contributed by atoms with Crippen molar-refractivity contribution in [3.05, 3.63) is 88.5 Å². The van der Waals surface area contributed by atoms with Crippen LogP contribution in [-0.2, 0) is 22.2 Å². The Bertz CT molecular complexity index is 1530. The van der Waals surface area contributed by atoms with Gasteiger partial charge in [-0.3, -0.25) is 4.79 Å². The third kappa shape index (κ3) is 5.28. The van der Waals surface area contributed by atoms with Crippen molar-refractivity contribution >= 4 is 22.0 Å². The molecule has 3 N–H and O–H groups in total. The van der Waals surface area contributed by atoms with Gasteiger partial charge < -0.3 is 10.8 Å². The summed E-state index contributed by atoms with van der Waals surface area (Å²) < 4.78 is 43.9. The summed E-state index contributed by atoms with van der Waals surface area (Å²) in [6.07, 6.45) is 5.45. The summed E-state index contributed by atoms with van der Waals surface area (Å²) in [5, 5.41) is 14.8. The van der Waals surface area contributed by atoms with Gasteiger partial charge in [-0.2, -0.15) is 9.40 Å². The normalized spacial score (nSPS) is 21.4. The smallest absolute Gasteiger partial charge is 0.249 e. The second-order valence-corrected chi connectivity index (χ2v) is 12.9. The zero-order chi connectivity index (χ0) is 27.9. The molecule has 1 saturated carbocycles. The van der Waals surface area contributed by atoms with E-state index in [0.29, 0.717) is 12.0 Å². The van der Waals surface area contributed by atoms with Crippen molar-refractivity contribution in [2.24, 2.45) is 17.1 Å². The number of nitrogens with two attached hydrogens (primary N) is 1. The van der Waals surface area contributed by atoms with Crippen molar-refractivity contribution in [2.45, 2.75) is 45.0 Å². The standard InChI is InChI=1S/C29H33FN4O4S/c1-19(35)16-33(39(37,38)18-20-5-3-4-6-26(20)28(31)36)17-23-8-7-22-13-27-21(14-29(22,23)2)15-32-34(27)25-11-9-24(30)10-12-25/h3-6,9-13,15,19,23,35H,7-8,14,16-18H2,1-2H3,(H2,31,36)/t19-,23+,29-/m0/s1. The van der Waals surface area contributed by atoms with Crippen LogP contribution in [0.5, 0.6) is 0 Å². The van der Waals surface area contributed by atoms with Gasteiger partial charge in [-0.05, 0) is 85.1 Å². The number of hydrogen-bond acceptors (Lipinski definition) is 5. The molecule has 2 aromatic carbocycles. The summed E-state index contributed by atoms with van der Waals surface area (Å²) in [6.45, 7) is 3.95. The summed E-state index contributed by atoms with van der Waals surface area (Å²) in [6, 6.07) is 12.7. The van der Waals surface area contributed by atoms with Crippen molar-refractivity contribution in [3.8, 4) is 5.69 Å². The fourth-order valence-corrected chi connectivity index (χ4v) is 7.71. The van der Waals surface area contributed by atoms with Gasteiger partial charge in [-0.25, -0.2) is 17.5 Å². The van der Waals surface area contributed by atoms with E-state index >= 15 is 0 Å². The minimum absolute atomic E-state index is 0.0194. The lowest BCUT2D eigenvalue weighted by atomic mass is 9.70. The van der Waals surface area contributed by atoms with E-state index in [1.165, 1.54) is 28.1 Å². The van der Waals surface area contributed by atoms with Gasteiger partial charge in [0.25, 0.3) is 0 Å². The first-order chi connectivity index (χ1) is 18.5. The average molecular weight is 553 g/mol. The summed E-state index contributed by atoms with van der Waals surface area (Å²) in [4.78, 5) is 11.9. The molecular formula is C29H33FN4O4S. The molecule has 3 atom stereocenters. The Morgan fingerprint density at radius 1 is 1.26 bits per heavy atom. The molecule has 0 saturated heterocycles. The molecule has 1 heterocycles. The number of fused-ring (bicyclic) bond motifs is 2. The topological polar surface area (TPSA) is 119 Å². The van der Waals surface area contributed by atoms with Gasteiger partial charge in [0, 0.05) is 18.7 Å². The third-order valence-electron chi connectivity index (χ3n) is 8.13. The van der Waals surface area contributed by atoms with Crippen LogP contribution in [-0.4, -0.2) is 52.7 Å². The molecule has 3 aromatic rings. The number of aliphatic hydroxyl groups is 1. The van der Waals surface area contributed by atoms with E-state index in [9.17, 15) is 22.7 Å². The highest BCUT2D eigenvalue weighted by Gasteiger charge is 2.47. The molecule has 0 spiro atoms. The fraction of sp³-hybridized carbons (Fsp3) is 0.379. The first-order valence-electron chi connectivity index (χ1n) is 13.1. The summed E-state index contributed by atoms with van der Waals surface area (Å²) in [7, 11) is -3.88. The molecule has 0 bridgehead atoms. The molecule has 1 amide bonds. The number of benzene rings is 2. The summed E-state index contributed by atoms with van der Waals surface area (Å²) in [5.74, 6) is -1.34. The molecule has 0 radical (unpaired) electrons. The van der Waals surface area contributed by atoms with E-state index in [1.807, 2.05) is 10.9 Å². The number of sulfonamides is 1. The Labute approximate surface area is 228 Å². The van der Waals surface area contributed by atoms with Crippen molar-refractivity contribution in [3.63, 3.8) is 0 Å². The minimum atomic E-state index is -3.88. The number of amides is 1. The van der Waals surface area contributed by atoms with Crippen LogP contribution < -0.4 is 5.73 Å². The summed E-state index contributed by atoms with van der Waals surface area (Å²) >= 11 is 0. The highest BCUT2D eigenvalue weighted by Crippen LogP contribution is 2.53.